The molecule has 0 unspecified atom stereocenters. The Morgan fingerprint density at radius 2 is 2.18 bits per heavy atom. The molecular weight excluding hydrogens is 216 g/mol. The van der Waals surface area contributed by atoms with Crippen molar-refractivity contribution >= 4 is 11.6 Å². The van der Waals surface area contributed by atoms with Crippen molar-refractivity contribution < 1.29 is 4.79 Å². The third-order valence-electron chi connectivity index (χ3n) is 2.87. The highest BCUT2D eigenvalue weighted by Crippen LogP contribution is 2.19. The predicted octanol–water partition coefficient (Wildman–Crippen LogP) is 1.24. The molecule has 5 nitrogen and oxygen atoms in total. The maximum Gasteiger partial charge on any atom is 0.270 e. The molecule has 1 amide bonds. The number of hydrogen-bond acceptors (Lipinski definition) is 3. The van der Waals surface area contributed by atoms with Crippen LogP contribution in [-0.2, 0) is 0 Å². The summed E-state index contributed by atoms with van der Waals surface area (Å²) in [6, 6.07) is 4.00. The lowest BCUT2D eigenvalue weighted by molar-refractivity contribution is 0.0946. The van der Waals surface area contributed by atoms with Gasteiger partial charge in [-0.25, -0.2) is 9.50 Å². The van der Waals surface area contributed by atoms with E-state index in [2.05, 4.69) is 15.4 Å². The highest BCUT2D eigenvalue weighted by atomic mass is 16.2. The minimum Gasteiger partial charge on any atom is -0.348 e. The fraction of sp³-hybridized carbons (Fsp3) is 0.417. The van der Waals surface area contributed by atoms with Crippen LogP contribution in [0.4, 0.5) is 0 Å². The first-order chi connectivity index (χ1) is 8.13. The Labute approximate surface area is 98.9 Å². The van der Waals surface area contributed by atoms with Crippen molar-refractivity contribution in [2.75, 3.05) is 0 Å². The van der Waals surface area contributed by atoms with Crippen LogP contribution < -0.4 is 5.32 Å². The van der Waals surface area contributed by atoms with Gasteiger partial charge < -0.3 is 5.32 Å². The summed E-state index contributed by atoms with van der Waals surface area (Å²) in [5, 5.41) is 7.25. The summed E-state index contributed by atoms with van der Waals surface area (Å²) < 4.78 is 1.75. The number of hydrogen-bond donors (Lipinski definition) is 1. The first kappa shape index (κ1) is 10.3. The van der Waals surface area contributed by atoms with Gasteiger partial charge in [-0.2, -0.15) is 5.10 Å². The second-order valence-electron chi connectivity index (χ2n) is 4.59. The predicted molar refractivity (Wildman–Crippen MR) is 62.9 cm³/mol. The summed E-state index contributed by atoms with van der Waals surface area (Å²) in [4.78, 5) is 16.2. The number of aromatic nitrogens is 3. The van der Waals surface area contributed by atoms with Crippen LogP contribution in [0.15, 0.2) is 12.1 Å². The molecule has 2 aromatic rings. The molecule has 1 aliphatic rings. The third kappa shape index (κ3) is 1.88. The Morgan fingerprint density at radius 3 is 2.88 bits per heavy atom. The molecule has 2 heterocycles. The number of fused-ring (bicyclic) bond motifs is 1. The standard InChI is InChI=1S/C12H14N4O/c1-7-5-11-14-10(6-8(2)16(11)15-7)12(17)13-9-3-4-9/h5-6,9H,3-4H2,1-2H3,(H,13,17). The van der Waals surface area contributed by atoms with Crippen LogP contribution in [0.3, 0.4) is 0 Å². The highest BCUT2D eigenvalue weighted by Gasteiger charge is 2.24. The largest absolute Gasteiger partial charge is 0.348 e. The average Bonchev–Trinajstić information content (AvgIpc) is 2.98. The molecule has 0 aromatic carbocycles. The number of carbonyl (C=O) groups excluding carboxylic acids is 1. The number of aryl methyl sites for hydroxylation is 2. The van der Waals surface area contributed by atoms with E-state index in [1.807, 2.05) is 19.9 Å². The Balaban J connectivity index is 2.01. The van der Waals surface area contributed by atoms with Crippen LogP contribution in [0.5, 0.6) is 0 Å². The number of amides is 1. The van der Waals surface area contributed by atoms with Crippen molar-refractivity contribution in [2.24, 2.45) is 0 Å². The van der Waals surface area contributed by atoms with E-state index in [1.165, 1.54) is 0 Å². The molecular formula is C12H14N4O. The molecule has 0 radical (unpaired) electrons. The fourth-order valence-corrected chi connectivity index (χ4v) is 1.84. The third-order valence-corrected chi connectivity index (χ3v) is 2.87. The van der Waals surface area contributed by atoms with Crippen LogP contribution in [0, 0.1) is 13.8 Å². The van der Waals surface area contributed by atoms with E-state index < -0.39 is 0 Å². The Bertz CT molecular complexity index is 598. The molecule has 0 atom stereocenters. The minimum atomic E-state index is -0.0862. The van der Waals surface area contributed by atoms with Gasteiger partial charge in [0.2, 0.25) is 0 Å². The normalized spacial score (nSPS) is 15.2. The molecule has 1 aliphatic carbocycles. The SMILES string of the molecule is Cc1cc2nc(C(=O)NC3CC3)cc(C)n2n1. The molecule has 1 saturated carbocycles. The van der Waals surface area contributed by atoms with Crippen molar-refractivity contribution in [3.8, 4) is 0 Å². The van der Waals surface area contributed by atoms with Gasteiger partial charge in [0.15, 0.2) is 5.65 Å². The molecule has 0 bridgehead atoms. The Hall–Kier alpha value is -1.91. The van der Waals surface area contributed by atoms with Crippen molar-refractivity contribution in [3.05, 3.63) is 29.2 Å². The van der Waals surface area contributed by atoms with Crippen molar-refractivity contribution in [1.29, 1.82) is 0 Å². The van der Waals surface area contributed by atoms with E-state index in [9.17, 15) is 4.79 Å². The number of rotatable bonds is 2. The van der Waals surface area contributed by atoms with E-state index in [1.54, 1.807) is 10.6 Å². The zero-order valence-corrected chi connectivity index (χ0v) is 9.90. The van der Waals surface area contributed by atoms with Crippen LogP contribution in [0.25, 0.3) is 5.65 Å². The van der Waals surface area contributed by atoms with Crippen molar-refractivity contribution in [3.63, 3.8) is 0 Å². The topological polar surface area (TPSA) is 59.3 Å². The van der Waals surface area contributed by atoms with Gasteiger partial charge in [-0.1, -0.05) is 0 Å². The van der Waals surface area contributed by atoms with Gasteiger partial charge in [-0.3, -0.25) is 4.79 Å². The summed E-state index contributed by atoms with van der Waals surface area (Å²) in [6.45, 7) is 3.84. The van der Waals surface area contributed by atoms with E-state index in [0.29, 0.717) is 11.7 Å². The van der Waals surface area contributed by atoms with Crippen LogP contribution in [0.1, 0.15) is 34.7 Å². The molecule has 0 saturated heterocycles. The zero-order valence-electron chi connectivity index (χ0n) is 9.90. The Morgan fingerprint density at radius 1 is 1.41 bits per heavy atom. The van der Waals surface area contributed by atoms with Crippen LogP contribution in [0.2, 0.25) is 0 Å². The van der Waals surface area contributed by atoms with Gasteiger partial charge >= 0.3 is 0 Å². The number of carbonyl (C=O) groups is 1. The monoisotopic (exact) mass is 230 g/mol. The van der Waals surface area contributed by atoms with E-state index >= 15 is 0 Å². The van der Waals surface area contributed by atoms with Gasteiger partial charge in [0, 0.05) is 17.8 Å². The molecule has 88 valence electrons. The Kier molecular flexibility index (Phi) is 2.14. The van der Waals surface area contributed by atoms with E-state index in [4.69, 9.17) is 0 Å². The first-order valence-electron chi connectivity index (χ1n) is 5.78. The molecule has 17 heavy (non-hydrogen) atoms. The van der Waals surface area contributed by atoms with E-state index in [0.717, 1.165) is 29.9 Å². The first-order valence-corrected chi connectivity index (χ1v) is 5.78. The fourth-order valence-electron chi connectivity index (χ4n) is 1.84. The van der Waals surface area contributed by atoms with Crippen molar-refractivity contribution in [1.82, 2.24) is 19.9 Å². The maximum atomic E-state index is 11.9. The van der Waals surface area contributed by atoms with Crippen molar-refractivity contribution in [2.45, 2.75) is 32.7 Å². The number of nitrogens with zero attached hydrogens (tertiary/aromatic N) is 3. The van der Waals surface area contributed by atoms with Crippen LogP contribution >= 0.6 is 0 Å². The van der Waals surface area contributed by atoms with E-state index in [-0.39, 0.29) is 5.91 Å². The summed E-state index contributed by atoms with van der Waals surface area (Å²) >= 11 is 0. The average molecular weight is 230 g/mol. The van der Waals surface area contributed by atoms with Gasteiger partial charge in [-0.15, -0.1) is 0 Å². The molecule has 3 rings (SSSR count). The van der Waals surface area contributed by atoms with Gasteiger partial charge in [0.25, 0.3) is 5.91 Å². The maximum absolute atomic E-state index is 11.9. The molecule has 5 heteroatoms. The summed E-state index contributed by atoms with van der Waals surface area (Å²) in [5.41, 5.74) is 3.02. The lowest BCUT2D eigenvalue weighted by atomic mass is 10.3. The lowest BCUT2D eigenvalue weighted by Gasteiger charge is -2.04. The summed E-state index contributed by atoms with van der Waals surface area (Å²) in [7, 11) is 0. The number of nitrogens with one attached hydrogen (secondary N) is 1. The summed E-state index contributed by atoms with van der Waals surface area (Å²) in [5.74, 6) is -0.0862. The molecule has 0 aliphatic heterocycles. The lowest BCUT2D eigenvalue weighted by Crippen LogP contribution is -2.26. The van der Waals surface area contributed by atoms with Crippen LogP contribution in [-0.4, -0.2) is 26.5 Å². The molecule has 0 spiro atoms. The quantitative estimate of drug-likeness (QED) is 0.844. The minimum absolute atomic E-state index is 0.0862. The molecule has 2 aromatic heterocycles. The second kappa shape index (κ2) is 3.55. The van der Waals surface area contributed by atoms with Gasteiger partial charge in [-0.05, 0) is 32.8 Å². The second-order valence-corrected chi connectivity index (χ2v) is 4.59. The molecule has 1 N–H and O–H groups in total. The van der Waals surface area contributed by atoms with Gasteiger partial charge in [0.1, 0.15) is 5.69 Å². The summed E-state index contributed by atoms with van der Waals surface area (Å²) in [6.07, 6.45) is 2.16. The smallest absolute Gasteiger partial charge is 0.270 e. The van der Waals surface area contributed by atoms with Gasteiger partial charge in [0.05, 0.1) is 5.69 Å². The highest BCUT2D eigenvalue weighted by molar-refractivity contribution is 5.93. The molecule has 1 fully saturated rings. The zero-order chi connectivity index (χ0) is 12.0.